The Morgan fingerprint density at radius 3 is 2.29 bits per heavy atom. The van der Waals surface area contributed by atoms with Crippen molar-refractivity contribution in [1.82, 2.24) is 9.36 Å². The highest BCUT2D eigenvalue weighted by Gasteiger charge is 2.25. The van der Waals surface area contributed by atoms with E-state index in [0.29, 0.717) is 11.7 Å². The van der Waals surface area contributed by atoms with Crippen molar-refractivity contribution >= 4 is 21.4 Å². The molecule has 0 unspecified atom stereocenters. The van der Waals surface area contributed by atoms with E-state index in [2.05, 4.69) is 21.5 Å². The van der Waals surface area contributed by atoms with Crippen LogP contribution < -0.4 is 0 Å². The first-order valence-corrected chi connectivity index (χ1v) is 10.1. The van der Waals surface area contributed by atoms with Crippen LogP contribution in [0.15, 0.2) is 57.8 Å². The molecule has 1 heterocycles. The lowest BCUT2D eigenvalue weighted by Crippen LogP contribution is -2.01. The number of benzene rings is 2. The van der Waals surface area contributed by atoms with Crippen molar-refractivity contribution in [3.8, 4) is 11.4 Å². The van der Waals surface area contributed by atoms with Gasteiger partial charge in [0.1, 0.15) is 0 Å². The highest BCUT2D eigenvalue weighted by atomic mass is 32.2. The average molecular weight is 356 g/mol. The molecule has 0 radical (unpaired) electrons. The van der Waals surface area contributed by atoms with E-state index in [4.69, 9.17) is 0 Å². The summed E-state index contributed by atoms with van der Waals surface area (Å²) in [5.74, 6) is 1.16. The number of nitrogens with zero attached hydrogens (tertiary/aromatic N) is 2. The van der Waals surface area contributed by atoms with Gasteiger partial charge in [0.15, 0.2) is 5.82 Å². The quantitative estimate of drug-likeness (QED) is 0.702. The van der Waals surface area contributed by atoms with Crippen LogP contribution in [-0.2, 0) is 9.84 Å². The summed E-state index contributed by atoms with van der Waals surface area (Å²) in [5, 5.41) is 0. The Balaban J connectivity index is 1.65. The number of rotatable bonds is 4. The predicted molar refractivity (Wildman–Crippen MR) is 94.0 cm³/mol. The zero-order valence-electron chi connectivity index (χ0n) is 13.1. The molecule has 1 aromatic heterocycles. The van der Waals surface area contributed by atoms with Crippen molar-refractivity contribution in [2.75, 3.05) is 0 Å². The SMILES string of the molecule is Cc1ccc(S(=O)(=O)c2nc(-c3ccc(C4CC4)cc3)ns2)cc1. The Kier molecular flexibility index (Phi) is 3.73. The van der Waals surface area contributed by atoms with Crippen LogP contribution in [0.4, 0.5) is 0 Å². The lowest BCUT2D eigenvalue weighted by Gasteiger charge is -2.01. The van der Waals surface area contributed by atoms with Gasteiger partial charge in [-0.1, -0.05) is 42.0 Å². The Morgan fingerprint density at radius 1 is 1.00 bits per heavy atom. The fourth-order valence-electron chi connectivity index (χ4n) is 2.58. The van der Waals surface area contributed by atoms with Crippen LogP contribution in [0.5, 0.6) is 0 Å². The summed E-state index contributed by atoms with van der Waals surface area (Å²) < 4.78 is 29.6. The van der Waals surface area contributed by atoms with Gasteiger partial charge in [0.2, 0.25) is 14.2 Å². The molecule has 0 amide bonds. The largest absolute Gasteiger partial charge is 0.235 e. The van der Waals surface area contributed by atoms with E-state index in [1.807, 2.05) is 19.1 Å². The van der Waals surface area contributed by atoms with Crippen LogP contribution in [0.1, 0.15) is 29.9 Å². The number of sulfone groups is 1. The average Bonchev–Trinajstić information content (AvgIpc) is 3.31. The van der Waals surface area contributed by atoms with E-state index in [9.17, 15) is 8.42 Å². The Hall–Kier alpha value is -2.05. The molecule has 1 aliphatic rings. The lowest BCUT2D eigenvalue weighted by molar-refractivity contribution is 0.595. The fraction of sp³-hybridized carbons (Fsp3) is 0.222. The molecule has 0 N–H and O–H groups in total. The van der Waals surface area contributed by atoms with Crippen LogP contribution >= 0.6 is 11.5 Å². The molecule has 0 atom stereocenters. The summed E-state index contributed by atoms with van der Waals surface area (Å²) in [6.07, 6.45) is 2.51. The molecule has 0 bridgehead atoms. The van der Waals surface area contributed by atoms with Crippen LogP contribution in [0.2, 0.25) is 0 Å². The molecule has 24 heavy (non-hydrogen) atoms. The van der Waals surface area contributed by atoms with Gasteiger partial charge in [-0.15, -0.1) is 0 Å². The molecule has 0 saturated heterocycles. The van der Waals surface area contributed by atoms with Crippen LogP contribution in [-0.4, -0.2) is 17.8 Å². The minimum Gasteiger partial charge on any atom is -0.216 e. The summed E-state index contributed by atoms with van der Waals surface area (Å²) in [7, 11) is -3.61. The molecule has 122 valence electrons. The molecule has 6 heteroatoms. The van der Waals surface area contributed by atoms with E-state index in [-0.39, 0.29) is 9.24 Å². The van der Waals surface area contributed by atoms with E-state index < -0.39 is 9.84 Å². The first-order valence-electron chi connectivity index (χ1n) is 7.80. The minimum absolute atomic E-state index is 0.0348. The van der Waals surface area contributed by atoms with Gasteiger partial charge in [-0.25, -0.2) is 13.4 Å². The van der Waals surface area contributed by atoms with Gasteiger partial charge < -0.3 is 0 Å². The zero-order valence-corrected chi connectivity index (χ0v) is 14.8. The molecular formula is C18H16N2O2S2. The Morgan fingerprint density at radius 2 is 1.67 bits per heavy atom. The molecule has 4 nitrogen and oxygen atoms in total. The first-order chi connectivity index (χ1) is 11.5. The zero-order chi connectivity index (χ0) is 16.7. The molecule has 4 rings (SSSR count). The van der Waals surface area contributed by atoms with Gasteiger partial charge in [-0.3, -0.25) is 0 Å². The number of aryl methyl sites for hydroxylation is 1. The van der Waals surface area contributed by atoms with Crippen LogP contribution in [0, 0.1) is 6.92 Å². The van der Waals surface area contributed by atoms with E-state index in [1.165, 1.54) is 18.4 Å². The third-order valence-electron chi connectivity index (χ3n) is 4.19. The van der Waals surface area contributed by atoms with Crippen molar-refractivity contribution in [2.24, 2.45) is 0 Å². The predicted octanol–water partition coefficient (Wildman–Crippen LogP) is 4.22. The van der Waals surface area contributed by atoms with Crippen molar-refractivity contribution in [3.63, 3.8) is 0 Å². The molecule has 1 saturated carbocycles. The summed E-state index contributed by atoms with van der Waals surface area (Å²) >= 11 is 0.924. The summed E-state index contributed by atoms with van der Waals surface area (Å²) in [6.45, 7) is 1.92. The molecule has 0 aliphatic heterocycles. The topological polar surface area (TPSA) is 59.9 Å². The van der Waals surface area contributed by atoms with E-state index in [0.717, 1.165) is 22.7 Å². The second-order valence-electron chi connectivity index (χ2n) is 6.10. The molecular weight excluding hydrogens is 340 g/mol. The maximum atomic E-state index is 12.6. The smallest absolute Gasteiger partial charge is 0.216 e. The fourth-order valence-corrected chi connectivity index (χ4v) is 4.71. The molecule has 1 fully saturated rings. The maximum absolute atomic E-state index is 12.6. The third-order valence-corrected chi connectivity index (χ3v) is 7.02. The van der Waals surface area contributed by atoms with Crippen molar-refractivity contribution < 1.29 is 8.42 Å². The highest BCUT2D eigenvalue weighted by Crippen LogP contribution is 2.40. The van der Waals surface area contributed by atoms with Gasteiger partial charge in [-0.05, 0) is 54.9 Å². The third kappa shape index (κ3) is 2.87. The van der Waals surface area contributed by atoms with Crippen LogP contribution in [0.25, 0.3) is 11.4 Å². The Labute approximate surface area is 145 Å². The molecule has 0 spiro atoms. The van der Waals surface area contributed by atoms with Gasteiger partial charge in [0.05, 0.1) is 4.90 Å². The normalized spacial score (nSPS) is 14.7. The monoisotopic (exact) mass is 356 g/mol. The molecule has 3 aromatic rings. The van der Waals surface area contributed by atoms with E-state index >= 15 is 0 Å². The van der Waals surface area contributed by atoms with Gasteiger partial charge in [0.25, 0.3) is 0 Å². The van der Waals surface area contributed by atoms with E-state index in [1.54, 1.807) is 24.3 Å². The first kappa shape index (κ1) is 15.5. The van der Waals surface area contributed by atoms with Gasteiger partial charge in [0, 0.05) is 5.56 Å². The van der Waals surface area contributed by atoms with Crippen molar-refractivity contribution in [3.05, 3.63) is 59.7 Å². The maximum Gasteiger partial charge on any atom is 0.235 e. The highest BCUT2D eigenvalue weighted by molar-refractivity contribution is 7.93. The standard InChI is InChI=1S/C18H16N2O2S2/c1-12-2-10-16(11-3-12)24(21,22)18-19-17(20-23-18)15-8-6-14(7-9-15)13-4-5-13/h2-3,6-11,13H,4-5H2,1H3. The molecule has 1 aliphatic carbocycles. The number of aromatic nitrogens is 2. The second-order valence-corrected chi connectivity index (χ2v) is 8.97. The summed E-state index contributed by atoms with van der Waals surface area (Å²) in [5.41, 5.74) is 3.20. The second kappa shape index (κ2) is 5.79. The lowest BCUT2D eigenvalue weighted by atomic mass is 10.1. The van der Waals surface area contributed by atoms with Crippen molar-refractivity contribution in [2.45, 2.75) is 34.9 Å². The Bertz CT molecular complexity index is 971. The number of hydrogen-bond donors (Lipinski definition) is 0. The molecule has 2 aromatic carbocycles. The minimum atomic E-state index is -3.61. The van der Waals surface area contributed by atoms with Crippen LogP contribution in [0.3, 0.4) is 0 Å². The van der Waals surface area contributed by atoms with Crippen molar-refractivity contribution in [1.29, 1.82) is 0 Å². The summed E-state index contributed by atoms with van der Waals surface area (Å²) in [6, 6.07) is 14.9. The van der Waals surface area contributed by atoms with Gasteiger partial charge >= 0.3 is 0 Å². The number of hydrogen-bond acceptors (Lipinski definition) is 5. The van der Waals surface area contributed by atoms with Gasteiger partial charge in [-0.2, -0.15) is 4.37 Å². The summed E-state index contributed by atoms with van der Waals surface area (Å²) in [4.78, 5) is 4.51.